The molecule has 0 aliphatic heterocycles. The molecule has 0 radical (unpaired) electrons. The molecule has 0 unspecified atom stereocenters. The first-order valence-electron chi connectivity index (χ1n) is 2.94. The van der Waals surface area contributed by atoms with Crippen LogP contribution >= 0.6 is 23.4 Å². The van der Waals surface area contributed by atoms with Crippen LogP contribution in [-0.4, -0.2) is 23.2 Å². The normalized spacial score (nSPS) is 10.0. The maximum atomic E-state index is 5.53. The van der Waals surface area contributed by atoms with E-state index in [9.17, 15) is 0 Å². The molecule has 60 valence electrons. The smallest absolute Gasteiger partial charge is 0.151 e. The minimum absolute atomic E-state index is 0.409. The first-order chi connectivity index (χ1) is 5.33. The van der Waals surface area contributed by atoms with Crippen molar-refractivity contribution in [3.8, 4) is 0 Å². The molecule has 0 saturated heterocycles. The van der Waals surface area contributed by atoms with Gasteiger partial charge < -0.3 is 4.74 Å². The maximum absolute atomic E-state index is 5.53. The van der Waals surface area contributed by atoms with Crippen molar-refractivity contribution < 1.29 is 4.74 Å². The van der Waals surface area contributed by atoms with Crippen LogP contribution in [0.4, 0.5) is 0 Å². The summed E-state index contributed by atoms with van der Waals surface area (Å²) in [7, 11) is 1.64. The molecule has 0 N–H and O–H groups in total. The van der Waals surface area contributed by atoms with Gasteiger partial charge in [-0.3, -0.25) is 0 Å². The minimum atomic E-state index is 0.409. The second-order valence-corrected chi connectivity index (χ2v) is 3.08. The zero-order chi connectivity index (χ0) is 8.10. The van der Waals surface area contributed by atoms with Crippen LogP contribution < -0.4 is 0 Å². The average Bonchev–Trinajstić information content (AvgIpc) is 2.04. The van der Waals surface area contributed by atoms with Gasteiger partial charge in [0.2, 0.25) is 0 Å². The number of thioether (sulfide) groups is 1. The summed E-state index contributed by atoms with van der Waals surface area (Å²) in [5.41, 5.74) is 0. The van der Waals surface area contributed by atoms with Crippen molar-refractivity contribution in [2.45, 2.75) is 5.03 Å². The topological polar surface area (TPSA) is 35.0 Å². The van der Waals surface area contributed by atoms with Crippen molar-refractivity contribution in [3.05, 3.63) is 17.3 Å². The van der Waals surface area contributed by atoms with Crippen LogP contribution in [0.15, 0.2) is 17.2 Å². The summed E-state index contributed by atoms with van der Waals surface area (Å²) in [6, 6.07) is 3.51. The van der Waals surface area contributed by atoms with Crippen molar-refractivity contribution in [1.82, 2.24) is 10.2 Å². The summed E-state index contributed by atoms with van der Waals surface area (Å²) in [5, 5.41) is 8.71. The maximum Gasteiger partial charge on any atom is 0.151 e. The van der Waals surface area contributed by atoms with Crippen LogP contribution in [-0.2, 0) is 4.74 Å². The van der Waals surface area contributed by atoms with Gasteiger partial charge in [-0.05, 0) is 12.1 Å². The van der Waals surface area contributed by atoms with Crippen LogP contribution in [0.25, 0.3) is 0 Å². The first kappa shape index (κ1) is 8.77. The lowest BCUT2D eigenvalue weighted by Gasteiger charge is -1.96. The van der Waals surface area contributed by atoms with Gasteiger partial charge in [0.05, 0.1) is 5.94 Å². The fourth-order valence-electron chi connectivity index (χ4n) is 0.500. The lowest BCUT2D eigenvalue weighted by atomic mass is 10.6. The van der Waals surface area contributed by atoms with Gasteiger partial charge in [-0.25, -0.2) is 0 Å². The van der Waals surface area contributed by atoms with E-state index in [2.05, 4.69) is 10.2 Å². The number of ether oxygens (including phenoxy) is 1. The molecule has 0 aromatic carbocycles. The molecular formula is C6H7ClN2OS. The summed E-state index contributed by atoms with van der Waals surface area (Å²) >= 11 is 7.01. The SMILES string of the molecule is COCSc1ccc(Cl)nn1. The van der Waals surface area contributed by atoms with Crippen molar-refractivity contribution >= 4 is 23.4 Å². The zero-order valence-electron chi connectivity index (χ0n) is 5.95. The predicted octanol–water partition coefficient (Wildman–Crippen LogP) is 1.83. The van der Waals surface area contributed by atoms with Gasteiger partial charge in [0.25, 0.3) is 0 Å². The lowest BCUT2D eigenvalue weighted by Crippen LogP contribution is -1.87. The largest absolute Gasteiger partial charge is 0.374 e. The second kappa shape index (κ2) is 4.54. The Morgan fingerprint density at radius 1 is 1.55 bits per heavy atom. The second-order valence-electron chi connectivity index (χ2n) is 1.75. The Kier molecular flexibility index (Phi) is 3.62. The Labute approximate surface area is 74.1 Å². The van der Waals surface area contributed by atoms with Crippen molar-refractivity contribution in [1.29, 1.82) is 0 Å². The molecule has 0 atom stereocenters. The summed E-state index contributed by atoms with van der Waals surface area (Å²) < 4.78 is 4.84. The van der Waals surface area contributed by atoms with E-state index in [1.807, 2.05) is 0 Å². The summed E-state index contributed by atoms with van der Waals surface area (Å²) in [5.74, 6) is 0.580. The minimum Gasteiger partial charge on any atom is -0.374 e. The number of halogens is 1. The molecule has 1 aromatic heterocycles. The molecule has 0 bridgehead atoms. The Hall–Kier alpha value is -0.320. The fourth-order valence-corrected chi connectivity index (χ4v) is 1.10. The van der Waals surface area contributed by atoms with Crippen LogP contribution in [0.1, 0.15) is 0 Å². The molecule has 11 heavy (non-hydrogen) atoms. The number of nitrogens with zero attached hydrogens (tertiary/aromatic N) is 2. The van der Waals surface area contributed by atoms with Gasteiger partial charge in [-0.2, -0.15) is 0 Å². The molecule has 3 nitrogen and oxygen atoms in total. The van der Waals surface area contributed by atoms with E-state index in [0.717, 1.165) is 5.03 Å². The lowest BCUT2D eigenvalue weighted by molar-refractivity contribution is 0.258. The molecule has 0 saturated carbocycles. The Bertz CT molecular complexity index is 216. The van der Waals surface area contributed by atoms with Gasteiger partial charge in [-0.15, -0.1) is 10.2 Å². The molecule has 0 aliphatic carbocycles. The zero-order valence-corrected chi connectivity index (χ0v) is 7.52. The molecule has 1 rings (SSSR count). The van der Waals surface area contributed by atoms with Gasteiger partial charge in [0.15, 0.2) is 5.15 Å². The highest BCUT2D eigenvalue weighted by molar-refractivity contribution is 7.99. The first-order valence-corrected chi connectivity index (χ1v) is 4.30. The fraction of sp³-hybridized carbons (Fsp3) is 0.333. The predicted molar refractivity (Wildman–Crippen MR) is 44.8 cm³/mol. The number of hydrogen-bond donors (Lipinski definition) is 0. The Balaban J connectivity index is 2.52. The van der Waals surface area contributed by atoms with E-state index in [1.165, 1.54) is 11.8 Å². The monoisotopic (exact) mass is 190 g/mol. The standard InChI is InChI=1S/C6H7ClN2OS/c1-10-4-11-6-3-2-5(7)8-9-6/h2-3H,4H2,1H3. The van der Waals surface area contributed by atoms with E-state index in [1.54, 1.807) is 19.2 Å². The third-order valence-corrected chi connectivity index (χ3v) is 2.00. The van der Waals surface area contributed by atoms with Gasteiger partial charge >= 0.3 is 0 Å². The molecule has 1 aromatic rings. The third-order valence-electron chi connectivity index (χ3n) is 0.932. The van der Waals surface area contributed by atoms with Gasteiger partial charge in [0, 0.05) is 7.11 Å². The Morgan fingerprint density at radius 3 is 2.91 bits per heavy atom. The van der Waals surface area contributed by atoms with Crippen molar-refractivity contribution in [3.63, 3.8) is 0 Å². The molecule has 0 spiro atoms. The highest BCUT2D eigenvalue weighted by atomic mass is 35.5. The molecule has 1 heterocycles. The van der Waals surface area contributed by atoms with Crippen LogP contribution in [0.3, 0.4) is 0 Å². The quantitative estimate of drug-likeness (QED) is 0.538. The number of rotatable bonds is 3. The van der Waals surface area contributed by atoms with Gasteiger partial charge in [0.1, 0.15) is 5.03 Å². The number of methoxy groups -OCH3 is 1. The Morgan fingerprint density at radius 2 is 2.36 bits per heavy atom. The van der Waals surface area contributed by atoms with E-state index >= 15 is 0 Å². The molecule has 0 aliphatic rings. The average molecular weight is 191 g/mol. The van der Waals surface area contributed by atoms with Crippen molar-refractivity contribution in [2.75, 3.05) is 13.0 Å². The summed E-state index contributed by atoms with van der Waals surface area (Å²) in [6.45, 7) is 0. The van der Waals surface area contributed by atoms with E-state index in [0.29, 0.717) is 11.1 Å². The van der Waals surface area contributed by atoms with Crippen LogP contribution in [0, 0.1) is 0 Å². The van der Waals surface area contributed by atoms with E-state index in [4.69, 9.17) is 16.3 Å². The van der Waals surface area contributed by atoms with Crippen LogP contribution in [0.2, 0.25) is 5.15 Å². The summed E-state index contributed by atoms with van der Waals surface area (Å²) in [4.78, 5) is 0. The third kappa shape index (κ3) is 3.05. The number of hydrogen-bond acceptors (Lipinski definition) is 4. The molecule has 5 heteroatoms. The van der Waals surface area contributed by atoms with Gasteiger partial charge in [-0.1, -0.05) is 23.4 Å². The van der Waals surface area contributed by atoms with Crippen LogP contribution in [0.5, 0.6) is 0 Å². The molecule has 0 amide bonds. The molecular weight excluding hydrogens is 184 g/mol. The van der Waals surface area contributed by atoms with Crippen molar-refractivity contribution in [2.24, 2.45) is 0 Å². The molecule has 0 fully saturated rings. The van der Waals surface area contributed by atoms with E-state index < -0.39 is 0 Å². The number of aromatic nitrogens is 2. The summed E-state index contributed by atoms with van der Waals surface area (Å²) in [6.07, 6.45) is 0. The van der Waals surface area contributed by atoms with E-state index in [-0.39, 0.29) is 0 Å². The highest BCUT2D eigenvalue weighted by Crippen LogP contribution is 2.14. The highest BCUT2D eigenvalue weighted by Gasteiger charge is 1.94.